The van der Waals surface area contributed by atoms with E-state index < -0.39 is 0 Å². The maximum atomic E-state index is 12.4. The van der Waals surface area contributed by atoms with Gasteiger partial charge in [0, 0.05) is 26.2 Å². The lowest BCUT2D eigenvalue weighted by Gasteiger charge is -2.21. The number of tetrazole rings is 1. The summed E-state index contributed by atoms with van der Waals surface area (Å²) in [6.45, 7) is 4.14. The molecule has 0 aliphatic carbocycles. The molecule has 0 atom stereocenters. The van der Waals surface area contributed by atoms with Crippen molar-refractivity contribution in [3.63, 3.8) is 0 Å². The summed E-state index contributed by atoms with van der Waals surface area (Å²) >= 11 is 0. The first-order valence-electron chi connectivity index (χ1n) is 12.9. The number of nitrogens with one attached hydrogen (secondary N) is 2. The Labute approximate surface area is 214 Å². The summed E-state index contributed by atoms with van der Waals surface area (Å²) in [4.78, 5) is 16.1. The third kappa shape index (κ3) is 8.55. The molecule has 0 saturated carbocycles. The van der Waals surface area contributed by atoms with Gasteiger partial charge in [0.2, 0.25) is 5.82 Å². The van der Waals surface area contributed by atoms with Crippen LogP contribution >= 0.6 is 0 Å². The Morgan fingerprint density at radius 2 is 1.78 bits per heavy atom. The number of ether oxygens (including phenoxy) is 1. The largest absolute Gasteiger partial charge is 0.491 e. The lowest BCUT2D eigenvalue weighted by Crippen LogP contribution is -2.30. The van der Waals surface area contributed by atoms with Crippen LogP contribution in [0, 0.1) is 0 Å². The molecular formula is C27H39N7O2. The van der Waals surface area contributed by atoms with Crippen molar-refractivity contribution in [2.45, 2.75) is 58.4 Å². The molecule has 1 heterocycles. The molecule has 0 spiro atoms. The molecule has 9 heteroatoms. The van der Waals surface area contributed by atoms with Crippen LogP contribution in [0.1, 0.15) is 51.9 Å². The number of carbonyl (C=O) groups is 1. The SMILES string of the molecule is CCCCCNC(=O)Nc1c(OCCCCCCn2nnc(-c3ccccc3)n2)cccc1N(C)C. The van der Waals surface area contributed by atoms with E-state index in [0.29, 0.717) is 30.4 Å². The Bertz CT molecular complexity index is 1050. The van der Waals surface area contributed by atoms with Crippen LogP contribution in [-0.4, -0.2) is 53.5 Å². The average Bonchev–Trinajstić information content (AvgIpc) is 3.36. The molecule has 0 saturated heterocycles. The highest BCUT2D eigenvalue weighted by molar-refractivity contribution is 5.95. The third-order valence-corrected chi connectivity index (χ3v) is 5.79. The zero-order chi connectivity index (χ0) is 25.6. The normalized spacial score (nSPS) is 10.8. The molecule has 1 aromatic heterocycles. The van der Waals surface area contributed by atoms with E-state index in [1.165, 1.54) is 0 Å². The zero-order valence-corrected chi connectivity index (χ0v) is 21.7. The molecular weight excluding hydrogens is 454 g/mol. The van der Waals surface area contributed by atoms with Crippen molar-refractivity contribution in [2.75, 3.05) is 37.5 Å². The van der Waals surface area contributed by atoms with Crippen molar-refractivity contribution < 1.29 is 9.53 Å². The highest BCUT2D eigenvalue weighted by Gasteiger charge is 2.14. The maximum absolute atomic E-state index is 12.4. The first kappa shape index (κ1) is 27.0. The minimum absolute atomic E-state index is 0.206. The number of carbonyl (C=O) groups excluding carboxylic acids is 1. The molecule has 2 N–H and O–H groups in total. The van der Waals surface area contributed by atoms with Crippen LogP contribution in [0.2, 0.25) is 0 Å². The Balaban J connectivity index is 1.41. The van der Waals surface area contributed by atoms with Gasteiger partial charge in [0.25, 0.3) is 0 Å². The first-order chi connectivity index (χ1) is 17.6. The Morgan fingerprint density at radius 3 is 2.56 bits per heavy atom. The second-order valence-electron chi connectivity index (χ2n) is 8.97. The van der Waals surface area contributed by atoms with Gasteiger partial charge in [-0.15, -0.1) is 10.2 Å². The minimum atomic E-state index is -0.206. The summed E-state index contributed by atoms with van der Waals surface area (Å²) < 4.78 is 6.08. The lowest BCUT2D eigenvalue weighted by molar-refractivity contribution is 0.251. The number of hydrogen-bond donors (Lipinski definition) is 2. The maximum Gasteiger partial charge on any atom is 0.319 e. The molecule has 3 aromatic rings. The van der Waals surface area contributed by atoms with E-state index in [4.69, 9.17) is 4.74 Å². The van der Waals surface area contributed by atoms with E-state index in [1.54, 1.807) is 4.80 Å². The smallest absolute Gasteiger partial charge is 0.319 e. The molecule has 2 amide bonds. The quantitative estimate of drug-likeness (QED) is 0.277. The number of urea groups is 1. The molecule has 0 unspecified atom stereocenters. The molecule has 36 heavy (non-hydrogen) atoms. The van der Waals surface area contributed by atoms with E-state index in [2.05, 4.69) is 33.0 Å². The number of nitrogens with zero attached hydrogens (tertiary/aromatic N) is 5. The van der Waals surface area contributed by atoms with Crippen molar-refractivity contribution in [1.82, 2.24) is 25.5 Å². The van der Waals surface area contributed by atoms with Crippen LogP contribution < -0.4 is 20.3 Å². The summed E-state index contributed by atoms with van der Waals surface area (Å²) in [7, 11) is 3.91. The molecule has 0 fully saturated rings. The fourth-order valence-corrected chi connectivity index (χ4v) is 3.80. The van der Waals surface area contributed by atoms with Gasteiger partial charge in [0.15, 0.2) is 0 Å². The van der Waals surface area contributed by atoms with E-state index in [1.807, 2.05) is 67.5 Å². The molecule has 2 aromatic carbocycles. The summed E-state index contributed by atoms with van der Waals surface area (Å²) in [5.74, 6) is 1.34. The predicted molar refractivity (Wildman–Crippen MR) is 145 cm³/mol. The van der Waals surface area contributed by atoms with Crippen LogP contribution in [-0.2, 0) is 6.54 Å². The van der Waals surface area contributed by atoms with Gasteiger partial charge in [-0.25, -0.2) is 4.79 Å². The Hall–Kier alpha value is -3.62. The van der Waals surface area contributed by atoms with Crippen molar-refractivity contribution in [3.05, 3.63) is 48.5 Å². The number of rotatable bonds is 15. The molecule has 3 rings (SSSR count). The molecule has 9 nitrogen and oxygen atoms in total. The average molecular weight is 494 g/mol. The van der Waals surface area contributed by atoms with Crippen LogP contribution in [0.3, 0.4) is 0 Å². The summed E-state index contributed by atoms with van der Waals surface area (Å²) in [5, 5.41) is 18.7. The van der Waals surface area contributed by atoms with E-state index in [9.17, 15) is 4.79 Å². The van der Waals surface area contributed by atoms with Crippen LogP contribution in [0.15, 0.2) is 48.5 Å². The molecule has 0 aliphatic heterocycles. The highest BCUT2D eigenvalue weighted by atomic mass is 16.5. The molecule has 0 radical (unpaired) electrons. The second-order valence-corrected chi connectivity index (χ2v) is 8.97. The van der Waals surface area contributed by atoms with Gasteiger partial charge in [-0.1, -0.05) is 62.6 Å². The van der Waals surface area contributed by atoms with Crippen LogP contribution in [0.5, 0.6) is 5.75 Å². The number of amides is 2. The predicted octanol–water partition coefficient (Wildman–Crippen LogP) is 5.36. The standard InChI is InChI=1S/C27H39N7O2/c1-4-5-11-19-28-27(35)29-25-23(33(2)3)17-14-18-24(25)36-21-13-7-6-12-20-34-31-26(30-32-34)22-15-9-8-10-16-22/h8-10,14-18H,4-7,11-13,19-21H2,1-3H3,(H2,28,29,35). The van der Waals surface area contributed by atoms with Crippen molar-refractivity contribution >= 4 is 17.4 Å². The Morgan fingerprint density at radius 1 is 0.972 bits per heavy atom. The minimum Gasteiger partial charge on any atom is -0.491 e. The van der Waals surface area contributed by atoms with E-state index in [-0.39, 0.29) is 6.03 Å². The van der Waals surface area contributed by atoms with Gasteiger partial charge in [-0.05, 0) is 43.0 Å². The van der Waals surface area contributed by atoms with Gasteiger partial charge in [0.1, 0.15) is 11.4 Å². The fraction of sp³-hybridized carbons (Fsp3) is 0.481. The van der Waals surface area contributed by atoms with Gasteiger partial charge in [0.05, 0.1) is 18.8 Å². The second kappa shape index (κ2) is 14.7. The summed E-state index contributed by atoms with van der Waals surface area (Å²) in [6.07, 6.45) is 7.19. The number of anilines is 2. The Kier molecular flexibility index (Phi) is 11.0. The van der Waals surface area contributed by atoms with Crippen molar-refractivity contribution in [1.29, 1.82) is 0 Å². The number of aromatic nitrogens is 4. The van der Waals surface area contributed by atoms with Gasteiger partial charge in [-0.2, -0.15) is 4.80 Å². The summed E-state index contributed by atoms with van der Waals surface area (Å²) in [6, 6.07) is 15.5. The lowest BCUT2D eigenvalue weighted by atomic mass is 10.2. The highest BCUT2D eigenvalue weighted by Crippen LogP contribution is 2.34. The number of benzene rings is 2. The zero-order valence-electron chi connectivity index (χ0n) is 21.7. The number of unbranched alkanes of at least 4 members (excludes halogenated alkanes) is 5. The first-order valence-corrected chi connectivity index (χ1v) is 12.9. The van der Waals surface area contributed by atoms with E-state index in [0.717, 1.165) is 62.7 Å². The van der Waals surface area contributed by atoms with Crippen molar-refractivity contribution in [2.24, 2.45) is 0 Å². The number of aryl methyl sites for hydroxylation is 1. The summed E-state index contributed by atoms with van der Waals surface area (Å²) in [5.41, 5.74) is 2.58. The number of hydrogen-bond acceptors (Lipinski definition) is 6. The van der Waals surface area contributed by atoms with Gasteiger partial charge >= 0.3 is 6.03 Å². The van der Waals surface area contributed by atoms with Gasteiger partial charge < -0.3 is 20.3 Å². The van der Waals surface area contributed by atoms with Gasteiger partial charge in [-0.3, -0.25) is 0 Å². The third-order valence-electron chi connectivity index (χ3n) is 5.79. The topological polar surface area (TPSA) is 97.2 Å². The fourth-order valence-electron chi connectivity index (χ4n) is 3.80. The van der Waals surface area contributed by atoms with Crippen LogP contribution in [0.25, 0.3) is 11.4 Å². The van der Waals surface area contributed by atoms with E-state index >= 15 is 0 Å². The monoisotopic (exact) mass is 493 g/mol. The van der Waals surface area contributed by atoms with Crippen LogP contribution in [0.4, 0.5) is 16.2 Å². The molecule has 194 valence electrons. The molecule has 0 aliphatic rings. The number of para-hydroxylation sites is 1. The van der Waals surface area contributed by atoms with Crippen molar-refractivity contribution in [3.8, 4) is 17.1 Å². The molecule has 0 bridgehead atoms.